The molecule has 0 unspecified atom stereocenters. The molecule has 1 aliphatic carbocycles. The van der Waals surface area contributed by atoms with E-state index >= 15 is 0 Å². The molecule has 1 aromatic heterocycles. The molecule has 1 N–H and O–H groups in total. The maximum Gasteiger partial charge on any atom is 0.218 e. The highest BCUT2D eigenvalue weighted by Gasteiger charge is 2.27. The molecule has 1 aromatic rings. The van der Waals surface area contributed by atoms with Crippen molar-refractivity contribution in [3.63, 3.8) is 0 Å². The van der Waals surface area contributed by atoms with Crippen LogP contribution in [0.25, 0.3) is 0 Å². The first kappa shape index (κ1) is 11.5. The molecule has 2 rings (SSSR count). The number of anilines is 1. The van der Waals surface area contributed by atoms with Gasteiger partial charge in [-0.15, -0.1) is 11.6 Å². The number of hydrogen-bond acceptors (Lipinski definition) is 4. The van der Waals surface area contributed by atoms with E-state index in [9.17, 15) is 0 Å². The zero-order valence-electron chi connectivity index (χ0n) is 9.53. The first-order chi connectivity index (χ1) is 7.67. The Morgan fingerprint density at radius 2 is 2.25 bits per heavy atom. The third-order valence-corrected chi connectivity index (χ3v) is 2.90. The van der Waals surface area contributed by atoms with Crippen LogP contribution in [0.5, 0.6) is 5.88 Å². The van der Waals surface area contributed by atoms with E-state index in [1.165, 1.54) is 0 Å². The molecule has 0 bridgehead atoms. The maximum atomic E-state index is 5.92. The smallest absolute Gasteiger partial charge is 0.218 e. The van der Waals surface area contributed by atoms with Gasteiger partial charge in [-0.2, -0.15) is 4.98 Å². The van der Waals surface area contributed by atoms with Crippen molar-refractivity contribution in [1.29, 1.82) is 0 Å². The number of nitrogens with zero attached hydrogens (tertiary/aromatic N) is 2. The van der Waals surface area contributed by atoms with E-state index in [-0.39, 0.29) is 0 Å². The molecular formula is C11H16ClN3O. The van der Waals surface area contributed by atoms with Crippen LogP contribution in [-0.4, -0.2) is 28.0 Å². The van der Waals surface area contributed by atoms with E-state index in [0.29, 0.717) is 23.9 Å². The molecule has 0 radical (unpaired) electrons. The molecule has 1 fully saturated rings. The molecule has 0 atom stereocenters. The maximum absolute atomic E-state index is 5.92. The van der Waals surface area contributed by atoms with Crippen LogP contribution in [0.1, 0.15) is 25.6 Å². The molecule has 0 aromatic carbocycles. The summed E-state index contributed by atoms with van der Waals surface area (Å²) >= 11 is 5.92. The minimum atomic E-state index is 0.312. The Hall–Kier alpha value is -1.03. The Morgan fingerprint density at radius 1 is 1.50 bits per heavy atom. The third-order valence-electron chi connectivity index (χ3n) is 2.54. The second kappa shape index (κ2) is 4.87. The number of hydrogen-bond donors (Lipinski definition) is 1. The minimum absolute atomic E-state index is 0.312. The van der Waals surface area contributed by atoms with Crippen molar-refractivity contribution >= 4 is 17.4 Å². The summed E-state index contributed by atoms with van der Waals surface area (Å²) in [6.45, 7) is 4.41. The van der Waals surface area contributed by atoms with Gasteiger partial charge < -0.3 is 10.1 Å². The van der Waals surface area contributed by atoms with Crippen LogP contribution in [0, 0.1) is 6.92 Å². The summed E-state index contributed by atoms with van der Waals surface area (Å²) in [5.41, 5.74) is 0. The number of rotatable bonds is 4. The Morgan fingerprint density at radius 3 is 2.88 bits per heavy atom. The van der Waals surface area contributed by atoms with Crippen molar-refractivity contribution in [1.82, 2.24) is 9.97 Å². The second-order valence-corrected chi connectivity index (χ2v) is 4.60. The van der Waals surface area contributed by atoms with E-state index in [2.05, 4.69) is 15.3 Å². The van der Waals surface area contributed by atoms with Crippen molar-refractivity contribution < 1.29 is 4.74 Å². The van der Waals surface area contributed by atoms with E-state index in [1.807, 2.05) is 19.9 Å². The highest BCUT2D eigenvalue weighted by atomic mass is 35.5. The molecule has 0 saturated heterocycles. The molecular weight excluding hydrogens is 226 g/mol. The summed E-state index contributed by atoms with van der Waals surface area (Å²) in [5, 5.41) is 3.64. The van der Waals surface area contributed by atoms with Gasteiger partial charge in [-0.25, -0.2) is 4.98 Å². The van der Waals surface area contributed by atoms with Crippen LogP contribution in [0.15, 0.2) is 6.07 Å². The molecule has 1 saturated carbocycles. The summed E-state index contributed by atoms with van der Waals surface area (Å²) in [6.07, 6.45) is 1.99. The Balaban J connectivity index is 2.02. The van der Waals surface area contributed by atoms with E-state index in [0.717, 1.165) is 24.5 Å². The monoisotopic (exact) mass is 241 g/mol. The topological polar surface area (TPSA) is 47.0 Å². The lowest BCUT2D eigenvalue weighted by atomic mass is 9.92. The average molecular weight is 242 g/mol. The van der Waals surface area contributed by atoms with Gasteiger partial charge in [0.25, 0.3) is 0 Å². The van der Waals surface area contributed by atoms with Gasteiger partial charge in [-0.1, -0.05) is 0 Å². The number of aryl methyl sites for hydroxylation is 1. The zero-order chi connectivity index (χ0) is 11.5. The zero-order valence-corrected chi connectivity index (χ0v) is 10.3. The minimum Gasteiger partial charge on any atom is -0.478 e. The normalized spacial score (nSPS) is 23.7. The number of halogens is 1. The molecule has 1 aliphatic rings. The average Bonchev–Trinajstić information content (AvgIpc) is 2.15. The first-order valence-corrected chi connectivity index (χ1v) is 6.00. The van der Waals surface area contributed by atoms with Crippen LogP contribution in [0.4, 0.5) is 5.82 Å². The van der Waals surface area contributed by atoms with E-state index < -0.39 is 0 Å². The molecule has 0 aliphatic heterocycles. The number of aromatic nitrogens is 2. The summed E-state index contributed by atoms with van der Waals surface area (Å²) in [7, 11) is 0. The van der Waals surface area contributed by atoms with Crippen molar-refractivity contribution in [2.45, 2.75) is 38.1 Å². The van der Waals surface area contributed by atoms with Crippen molar-refractivity contribution in [3.05, 3.63) is 11.9 Å². The van der Waals surface area contributed by atoms with Crippen molar-refractivity contribution in [2.75, 3.05) is 11.9 Å². The lowest BCUT2D eigenvalue weighted by molar-refractivity contribution is 0.325. The first-order valence-electron chi connectivity index (χ1n) is 5.56. The standard InChI is InChI=1S/C11H16ClN3O/c1-3-16-11-6-10(13-7(2)14-11)15-9-4-8(12)5-9/h6,8-9H,3-5H2,1-2H3,(H,13,14,15). The van der Waals surface area contributed by atoms with Crippen LogP contribution >= 0.6 is 11.6 Å². The van der Waals surface area contributed by atoms with Gasteiger partial charge in [0, 0.05) is 17.5 Å². The fourth-order valence-electron chi connectivity index (χ4n) is 1.71. The number of ether oxygens (including phenoxy) is 1. The SMILES string of the molecule is CCOc1cc(NC2CC(Cl)C2)nc(C)n1. The van der Waals surface area contributed by atoms with Crippen LogP contribution < -0.4 is 10.1 Å². The Kier molecular flexibility index (Phi) is 3.49. The number of alkyl halides is 1. The molecule has 88 valence electrons. The van der Waals surface area contributed by atoms with Gasteiger partial charge in [0.2, 0.25) is 5.88 Å². The molecule has 4 nitrogen and oxygen atoms in total. The van der Waals surface area contributed by atoms with Gasteiger partial charge in [0.15, 0.2) is 0 Å². The second-order valence-electron chi connectivity index (χ2n) is 3.98. The summed E-state index contributed by atoms with van der Waals surface area (Å²) in [4.78, 5) is 8.51. The van der Waals surface area contributed by atoms with Crippen LogP contribution in [0.3, 0.4) is 0 Å². The lowest BCUT2D eigenvalue weighted by Crippen LogP contribution is -2.36. The highest BCUT2D eigenvalue weighted by Crippen LogP contribution is 2.28. The summed E-state index contributed by atoms with van der Waals surface area (Å²) < 4.78 is 5.36. The Labute approximate surface area is 100 Å². The van der Waals surface area contributed by atoms with Gasteiger partial charge in [-0.05, 0) is 26.7 Å². The van der Waals surface area contributed by atoms with Crippen LogP contribution in [0.2, 0.25) is 0 Å². The van der Waals surface area contributed by atoms with Crippen molar-refractivity contribution in [2.24, 2.45) is 0 Å². The largest absolute Gasteiger partial charge is 0.478 e. The summed E-state index contributed by atoms with van der Waals surface area (Å²) in [5.74, 6) is 2.17. The molecule has 0 amide bonds. The Bertz CT molecular complexity index is 366. The van der Waals surface area contributed by atoms with Gasteiger partial charge in [0.05, 0.1) is 6.61 Å². The molecule has 5 heteroatoms. The van der Waals surface area contributed by atoms with Gasteiger partial charge in [0.1, 0.15) is 11.6 Å². The third kappa shape index (κ3) is 2.76. The molecule has 16 heavy (non-hydrogen) atoms. The lowest BCUT2D eigenvalue weighted by Gasteiger charge is -2.31. The van der Waals surface area contributed by atoms with Crippen molar-refractivity contribution in [3.8, 4) is 5.88 Å². The van der Waals surface area contributed by atoms with Gasteiger partial charge >= 0.3 is 0 Å². The highest BCUT2D eigenvalue weighted by molar-refractivity contribution is 6.21. The summed E-state index contributed by atoms with van der Waals surface area (Å²) in [6, 6.07) is 2.27. The number of nitrogens with one attached hydrogen (secondary N) is 1. The quantitative estimate of drug-likeness (QED) is 0.823. The predicted molar refractivity (Wildman–Crippen MR) is 64.2 cm³/mol. The fourth-order valence-corrected chi connectivity index (χ4v) is 2.14. The fraction of sp³-hybridized carbons (Fsp3) is 0.636. The molecule has 0 spiro atoms. The van der Waals surface area contributed by atoms with Crippen LogP contribution in [-0.2, 0) is 0 Å². The predicted octanol–water partition coefficient (Wildman–Crippen LogP) is 2.37. The molecule has 1 heterocycles. The van der Waals surface area contributed by atoms with Gasteiger partial charge in [-0.3, -0.25) is 0 Å². The van der Waals surface area contributed by atoms with E-state index in [1.54, 1.807) is 0 Å². The van der Waals surface area contributed by atoms with E-state index in [4.69, 9.17) is 16.3 Å².